The smallest absolute Gasteiger partial charge is 0.416 e. The lowest BCUT2D eigenvalue weighted by molar-refractivity contribution is -0.137. The lowest BCUT2D eigenvalue weighted by Crippen LogP contribution is -2.40. The van der Waals surface area contributed by atoms with Gasteiger partial charge in [-0.15, -0.1) is 0 Å². The quantitative estimate of drug-likeness (QED) is 0.0259. The molecule has 4 aliphatic heterocycles. The highest BCUT2D eigenvalue weighted by atomic mass is 35.5. The molecule has 18 rings (SSSR count). The first-order valence-electron chi connectivity index (χ1n) is 43.7. The fourth-order valence-corrected chi connectivity index (χ4v) is 17.7. The molecule has 1 saturated carbocycles. The Morgan fingerprint density at radius 2 is 0.800 bits per heavy atom. The number of halogens is 9. The van der Waals surface area contributed by atoms with Crippen LogP contribution in [0, 0.1) is 36.7 Å². The van der Waals surface area contributed by atoms with E-state index in [2.05, 4.69) is 36.1 Å². The molecule has 135 heavy (non-hydrogen) atoms. The molecule has 4 fully saturated rings. The average molecular weight is 1880 g/mol. The summed E-state index contributed by atoms with van der Waals surface area (Å²) >= 11 is 5.85. The minimum atomic E-state index is -4.72. The second-order valence-corrected chi connectivity index (χ2v) is 35.7. The first-order valence-corrected chi connectivity index (χ1v) is 44.1. The summed E-state index contributed by atoms with van der Waals surface area (Å²) in [6, 6.07) is 35.4. The van der Waals surface area contributed by atoms with E-state index in [1.165, 1.54) is 98.8 Å². The highest BCUT2D eigenvalue weighted by molar-refractivity contribution is 6.29. The first kappa shape index (κ1) is 95.3. The Labute approximate surface area is 771 Å². The number of hydrogen-bond acceptors (Lipinski definition) is 22. The SMILES string of the molecule is CC(Nc1ccccc1C(=O)O)c1cc(C(F)(F)F)cc2c(=O)cc(N3CCC(C)(F)CC3)oc12.CC(Nc1ccccc1C(=O)O)c1cc(F)cc2c(=O)cc(N3CCC(C)(F)CC3)oc12.Cc1c(N2CCC3(CC2)CC3)oc2c(C(C)Nc3cccnc3C(=O)O)cc(F)cc2c1=O.Cc1c(N2Cc3ccccc3C2)oc2c(C(C)Nc3ccc(Cl)nc3C(=O)O)cc(F)cc2c1=O. The highest BCUT2D eigenvalue weighted by Gasteiger charge is 2.46. The minimum absolute atomic E-state index is 0.0366. The first-order chi connectivity index (χ1) is 64.0. The van der Waals surface area contributed by atoms with Gasteiger partial charge < -0.3 is 79.0 Å². The number of nitrogens with zero attached hydrogens (tertiary/aromatic N) is 6. The van der Waals surface area contributed by atoms with E-state index in [4.69, 9.17) is 29.3 Å². The van der Waals surface area contributed by atoms with Crippen molar-refractivity contribution in [3.05, 3.63) is 300 Å². The summed E-state index contributed by atoms with van der Waals surface area (Å²) in [4.78, 5) is 114. The Balaban J connectivity index is 0.000000137. The molecule has 10 heterocycles. The molecular weight excluding hydrogens is 1780 g/mol. The summed E-state index contributed by atoms with van der Waals surface area (Å²) in [5.74, 6) is -5.04. The Morgan fingerprint density at radius 3 is 1.22 bits per heavy atom. The van der Waals surface area contributed by atoms with E-state index in [0.29, 0.717) is 107 Å². The predicted octanol–water partition coefficient (Wildman–Crippen LogP) is 21.7. The molecule has 8 N–H and O–H groups in total. The van der Waals surface area contributed by atoms with Crippen molar-refractivity contribution in [1.82, 2.24) is 9.97 Å². The Morgan fingerprint density at radius 1 is 0.430 bits per heavy atom. The number of alkyl halides is 5. The molecule has 704 valence electrons. The van der Waals surface area contributed by atoms with E-state index in [9.17, 15) is 93.9 Å². The number of anilines is 8. The average Bonchev–Trinajstić information content (AvgIpc) is 1.72. The predicted molar refractivity (Wildman–Crippen MR) is 498 cm³/mol. The number of pyridine rings is 2. The summed E-state index contributed by atoms with van der Waals surface area (Å²) in [5.41, 5.74) is 1.12. The number of carboxylic acids is 4. The molecule has 1 aliphatic carbocycles. The van der Waals surface area contributed by atoms with Gasteiger partial charge in [0.2, 0.25) is 11.8 Å². The van der Waals surface area contributed by atoms with Crippen LogP contribution >= 0.6 is 11.6 Å². The minimum Gasteiger partial charge on any atom is -0.478 e. The number of carbonyl (C=O) groups is 4. The number of rotatable bonds is 20. The number of aromatic carboxylic acids is 4. The second kappa shape index (κ2) is 38.3. The van der Waals surface area contributed by atoms with Gasteiger partial charge in [-0.25, -0.2) is 51.1 Å². The topological polar surface area (TPSA) is 357 Å². The van der Waals surface area contributed by atoms with Crippen LogP contribution in [0.5, 0.6) is 0 Å². The zero-order valence-electron chi connectivity index (χ0n) is 74.5. The van der Waals surface area contributed by atoms with Crippen molar-refractivity contribution < 1.29 is 92.4 Å². The zero-order chi connectivity index (χ0) is 96.8. The van der Waals surface area contributed by atoms with Crippen molar-refractivity contribution in [2.45, 2.75) is 162 Å². The van der Waals surface area contributed by atoms with Crippen LogP contribution in [0.2, 0.25) is 5.15 Å². The number of para-hydroxylation sites is 2. The third kappa shape index (κ3) is 20.9. The Kier molecular flexibility index (Phi) is 27.1. The molecule has 13 aromatic rings. The van der Waals surface area contributed by atoms with Crippen molar-refractivity contribution in [1.29, 1.82) is 0 Å². The molecule has 3 saturated heterocycles. The number of piperidine rings is 3. The third-order valence-corrected chi connectivity index (χ3v) is 25.7. The van der Waals surface area contributed by atoms with E-state index in [0.717, 1.165) is 61.3 Å². The van der Waals surface area contributed by atoms with Crippen molar-refractivity contribution in [2.24, 2.45) is 5.41 Å². The van der Waals surface area contributed by atoms with Gasteiger partial charge in [-0.05, 0) is 220 Å². The molecule has 1 spiro atoms. The number of aromatic nitrogens is 2. The lowest BCUT2D eigenvalue weighted by Gasteiger charge is -2.34. The monoisotopic (exact) mass is 1880 g/mol. The second-order valence-electron chi connectivity index (χ2n) is 35.3. The fraction of sp³-hybridized carbons (Fsp3) is 0.320. The number of fused-ring (bicyclic) bond motifs is 5. The molecular formula is C100H95ClF8N10O16. The molecule has 0 radical (unpaired) electrons. The molecule has 6 aromatic heterocycles. The van der Waals surface area contributed by atoms with Gasteiger partial charge in [-0.3, -0.25) is 19.2 Å². The van der Waals surface area contributed by atoms with E-state index < -0.39 is 99.4 Å². The van der Waals surface area contributed by atoms with E-state index in [-0.39, 0.29) is 126 Å². The molecule has 5 aliphatic rings. The van der Waals surface area contributed by atoms with E-state index >= 15 is 0 Å². The van der Waals surface area contributed by atoms with Crippen molar-refractivity contribution >= 4 is 126 Å². The third-order valence-electron chi connectivity index (χ3n) is 25.5. The molecule has 35 heteroatoms. The van der Waals surface area contributed by atoms with Crippen molar-refractivity contribution in [3.63, 3.8) is 0 Å². The maximum absolute atomic E-state index is 14.6. The summed E-state index contributed by atoms with van der Waals surface area (Å²) in [6.45, 7) is 17.5. The summed E-state index contributed by atoms with van der Waals surface area (Å²) in [7, 11) is 0. The summed E-state index contributed by atoms with van der Waals surface area (Å²) < 4.78 is 138. The van der Waals surface area contributed by atoms with E-state index in [1.807, 2.05) is 34.1 Å². The van der Waals surface area contributed by atoms with Crippen LogP contribution in [-0.2, 0) is 19.3 Å². The summed E-state index contributed by atoms with van der Waals surface area (Å²) in [6.07, 6.45) is 2.48. The Hall–Kier alpha value is -14.3. The number of benzene rings is 7. The van der Waals surface area contributed by atoms with Gasteiger partial charge in [0.05, 0.1) is 84.9 Å². The van der Waals surface area contributed by atoms with Crippen LogP contribution in [0.25, 0.3) is 43.9 Å². The summed E-state index contributed by atoms with van der Waals surface area (Å²) in [5, 5.41) is 50.2. The van der Waals surface area contributed by atoms with Crippen LogP contribution < -0.4 is 62.6 Å². The van der Waals surface area contributed by atoms with E-state index in [1.54, 1.807) is 89.8 Å². The standard InChI is InChI=1S/C26H21ClFN3O4.C25H24F4N2O4.C25H26FN3O4.C24H24F2N2O4/c1-13-23(32)19-10-17(28)9-18(14(2)29-20-7-8-21(27)30-22(20)26(33)34)24(19)35-25(13)31-11-15-5-3-4-6-16(15)12-31;1-14(30-19-6-4-3-5-16(19)23(33)34)17-11-15(25(27,28)29)12-18-20(32)13-21(35-22(17)18)31-9-7-24(2,26)8-10-31;1-14-21(30)18-13-16(26)12-17(15(2)28-19-4-3-9-27-20(19)24(31)32)22(18)33-23(14)29-10-7-25(5-6-25)8-11-29;1-14(27-19-6-4-3-5-16(19)23(30)31)17-11-15(25)12-18-20(29)13-21(32-22(17)18)28-9-7-24(2,26)8-10-28/h3-10,14,29H,11-12H2,1-2H3,(H,33,34);3-6,11-14,30H,7-10H2,1-2H3,(H,33,34);3-4,9,12-13,15,28H,5-8,10-11H2,1-2H3,(H,31,32);3-6,11-14,27H,7-10H2,1-2H3,(H,30,31). The van der Waals surface area contributed by atoms with Crippen LogP contribution in [-0.4, -0.2) is 105 Å². The maximum atomic E-state index is 14.6. The zero-order valence-corrected chi connectivity index (χ0v) is 75.2. The van der Waals surface area contributed by atoms with Gasteiger partial charge in [-0.1, -0.05) is 60.1 Å². The molecule has 26 nitrogen and oxygen atoms in total. The largest absolute Gasteiger partial charge is 0.478 e. The maximum Gasteiger partial charge on any atom is 0.416 e. The number of hydrogen-bond donors (Lipinski definition) is 8. The molecule has 7 aromatic carbocycles. The molecule has 0 bridgehead atoms. The fourth-order valence-electron chi connectivity index (χ4n) is 17.6. The Bertz CT molecular complexity index is 7050. The highest BCUT2D eigenvalue weighted by Crippen LogP contribution is 2.54. The lowest BCUT2D eigenvalue weighted by atomic mass is 9.93. The normalized spacial score (nSPS) is 16.2. The number of carboxylic acid groups (broad SMARTS) is 4. The van der Waals surface area contributed by atoms with Gasteiger partial charge >= 0.3 is 30.1 Å². The number of nitrogens with one attached hydrogen (secondary N) is 4. The van der Waals surface area contributed by atoms with Crippen LogP contribution in [0.3, 0.4) is 0 Å². The van der Waals surface area contributed by atoms with Crippen LogP contribution in [0.15, 0.2) is 201 Å². The molecule has 0 amide bonds. The van der Waals surface area contributed by atoms with Gasteiger partial charge in [0.25, 0.3) is 0 Å². The molecule has 4 atom stereocenters. The van der Waals surface area contributed by atoms with Gasteiger partial charge in [-0.2, -0.15) is 13.2 Å². The van der Waals surface area contributed by atoms with Gasteiger partial charge in [0, 0.05) is 104 Å². The molecule has 4 unspecified atom stereocenters. The van der Waals surface area contributed by atoms with Crippen LogP contribution in [0.1, 0.15) is 209 Å². The van der Waals surface area contributed by atoms with Crippen molar-refractivity contribution in [3.8, 4) is 0 Å². The van der Waals surface area contributed by atoms with Crippen LogP contribution in [0.4, 0.5) is 81.4 Å². The van der Waals surface area contributed by atoms with Gasteiger partial charge in [0.1, 0.15) is 56.3 Å². The van der Waals surface area contributed by atoms with Crippen molar-refractivity contribution in [2.75, 3.05) is 80.1 Å². The van der Waals surface area contributed by atoms with Gasteiger partial charge in [0.15, 0.2) is 44.9 Å².